The molecule has 0 amide bonds. The summed E-state index contributed by atoms with van der Waals surface area (Å²) >= 11 is 18.0. The molecule has 0 N–H and O–H groups in total. The van der Waals surface area contributed by atoms with E-state index in [1.54, 1.807) is 12.1 Å². The SMILES string of the molecule is C#CCC(C)c1c(Cl)ccc(Cl)c1Cl. The second kappa shape index (κ2) is 4.94. The molecule has 0 aromatic heterocycles. The Labute approximate surface area is 99.2 Å². The van der Waals surface area contributed by atoms with Gasteiger partial charge in [-0.15, -0.1) is 12.3 Å². The summed E-state index contributed by atoms with van der Waals surface area (Å²) in [7, 11) is 0. The molecule has 0 aliphatic carbocycles. The minimum absolute atomic E-state index is 0.124. The fourth-order valence-electron chi connectivity index (χ4n) is 1.27. The van der Waals surface area contributed by atoms with Crippen LogP contribution in [-0.2, 0) is 0 Å². The number of benzene rings is 1. The molecule has 0 heterocycles. The molecule has 0 saturated carbocycles. The van der Waals surface area contributed by atoms with E-state index < -0.39 is 0 Å². The van der Waals surface area contributed by atoms with Crippen LogP contribution in [0.5, 0.6) is 0 Å². The van der Waals surface area contributed by atoms with Crippen molar-refractivity contribution in [3.63, 3.8) is 0 Å². The molecule has 0 spiro atoms. The van der Waals surface area contributed by atoms with Crippen LogP contribution in [0.15, 0.2) is 12.1 Å². The Hall–Kier alpha value is -0.350. The van der Waals surface area contributed by atoms with Crippen LogP contribution in [0, 0.1) is 12.3 Å². The van der Waals surface area contributed by atoms with Crippen LogP contribution >= 0.6 is 34.8 Å². The molecule has 1 unspecified atom stereocenters. The largest absolute Gasteiger partial charge is 0.120 e. The summed E-state index contributed by atoms with van der Waals surface area (Å²) in [4.78, 5) is 0. The van der Waals surface area contributed by atoms with Crippen molar-refractivity contribution in [2.24, 2.45) is 0 Å². The minimum Gasteiger partial charge on any atom is -0.120 e. The summed E-state index contributed by atoms with van der Waals surface area (Å²) in [5.74, 6) is 2.70. The van der Waals surface area contributed by atoms with Gasteiger partial charge in [0.1, 0.15) is 0 Å². The number of rotatable bonds is 2. The Bertz CT molecular complexity index is 377. The lowest BCUT2D eigenvalue weighted by Gasteiger charge is -2.13. The average molecular weight is 248 g/mol. The van der Waals surface area contributed by atoms with E-state index in [2.05, 4.69) is 5.92 Å². The molecular formula is C11H9Cl3. The summed E-state index contributed by atoms with van der Waals surface area (Å²) in [6.45, 7) is 1.98. The minimum atomic E-state index is 0.124. The molecule has 0 fully saturated rings. The van der Waals surface area contributed by atoms with Gasteiger partial charge >= 0.3 is 0 Å². The third-order valence-corrected chi connectivity index (χ3v) is 3.14. The summed E-state index contributed by atoms with van der Waals surface area (Å²) in [6.07, 6.45) is 5.83. The Morgan fingerprint density at radius 1 is 1.29 bits per heavy atom. The molecule has 0 saturated heterocycles. The maximum absolute atomic E-state index is 6.04. The van der Waals surface area contributed by atoms with Crippen molar-refractivity contribution in [1.82, 2.24) is 0 Å². The highest BCUT2D eigenvalue weighted by molar-refractivity contribution is 6.44. The van der Waals surface area contributed by atoms with E-state index in [4.69, 9.17) is 41.2 Å². The summed E-state index contributed by atoms with van der Waals surface area (Å²) in [5.41, 5.74) is 0.832. The third-order valence-electron chi connectivity index (χ3n) is 2.00. The van der Waals surface area contributed by atoms with E-state index >= 15 is 0 Å². The topological polar surface area (TPSA) is 0 Å². The predicted molar refractivity (Wildman–Crippen MR) is 63.3 cm³/mol. The molecule has 3 heteroatoms. The monoisotopic (exact) mass is 246 g/mol. The Kier molecular flexibility index (Phi) is 4.13. The second-order valence-corrected chi connectivity index (χ2v) is 4.26. The van der Waals surface area contributed by atoms with Gasteiger partial charge in [-0.25, -0.2) is 0 Å². The van der Waals surface area contributed by atoms with Crippen LogP contribution in [0.25, 0.3) is 0 Å². The standard InChI is InChI=1S/C11H9Cl3/c1-3-4-7(2)10-8(12)5-6-9(13)11(10)14/h1,5-7H,4H2,2H3. The normalized spacial score (nSPS) is 12.2. The second-order valence-electron chi connectivity index (χ2n) is 3.07. The fraction of sp³-hybridized carbons (Fsp3) is 0.273. The predicted octanol–water partition coefficient (Wildman–Crippen LogP) is 4.77. The summed E-state index contributed by atoms with van der Waals surface area (Å²) < 4.78 is 0. The smallest absolute Gasteiger partial charge is 0.0642 e. The van der Waals surface area contributed by atoms with Gasteiger partial charge in [-0.2, -0.15) is 0 Å². The maximum atomic E-state index is 6.04. The molecule has 1 rings (SSSR count). The first-order valence-electron chi connectivity index (χ1n) is 4.14. The van der Waals surface area contributed by atoms with Crippen molar-refractivity contribution < 1.29 is 0 Å². The van der Waals surface area contributed by atoms with E-state index in [1.165, 1.54) is 0 Å². The quantitative estimate of drug-likeness (QED) is 0.521. The van der Waals surface area contributed by atoms with Crippen LogP contribution in [0.2, 0.25) is 15.1 Å². The molecule has 1 aromatic rings. The van der Waals surface area contributed by atoms with Crippen LogP contribution in [0.3, 0.4) is 0 Å². The van der Waals surface area contributed by atoms with Gasteiger partial charge in [0.2, 0.25) is 0 Å². The molecule has 74 valence electrons. The number of hydrogen-bond donors (Lipinski definition) is 0. The van der Waals surface area contributed by atoms with Gasteiger partial charge in [-0.05, 0) is 23.6 Å². The Morgan fingerprint density at radius 3 is 2.43 bits per heavy atom. The average Bonchev–Trinajstić information content (AvgIpc) is 2.13. The lowest BCUT2D eigenvalue weighted by molar-refractivity contribution is 0.797. The van der Waals surface area contributed by atoms with Crippen LogP contribution in [0.1, 0.15) is 24.8 Å². The molecule has 14 heavy (non-hydrogen) atoms. The maximum Gasteiger partial charge on any atom is 0.0642 e. The van der Waals surface area contributed by atoms with E-state index in [0.29, 0.717) is 21.5 Å². The zero-order valence-electron chi connectivity index (χ0n) is 7.65. The zero-order valence-corrected chi connectivity index (χ0v) is 9.92. The molecule has 1 atom stereocenters. The van der Waals surface area contributed by atoms with Crippen molar-refractivity contribution in [1.29, 1.82) is 0 Å². The van der Waals surface area contributed by atoms with Gasteiger partial charge < -0.3 is 0 Å². The molecule has 0 aliphatic heterocycles. The lowest BCUT2D eigenvalue weighted by Crippen LogP contribution is -1.95. The number of terminal acetylenes is 1. The highest BCUT2D eigenvalue weighted by atomic mass is 35.5. The summed E-state index contributed by atoms with van der Waals surface area (Å²) in [6, 6.07) is 3.41. The van der Waals surface area contributed by atoms with Gasteiger partial charge in [0.25, 0.3) is 0 Å². The van der Waals surface area contributed by atoms with Crippen LogP contribution < -0.4 is 0 Å². The van der Waals surface area contributed by atoms with Crippen molar-refractivity contribution in [2.75, 3.05) is 0 Å². The number of halogens is 3. The summed E-state index contributed by atoms with van der Waals surface area (Å²) in [5, 5.41) is 1.62. The van der Waals surface area contributed by atoms with Crippen molar-refractivity contribution in [3.05, 3.63) is 32.8 Å². The highest BCUT2D eigenvalue weighted by Gasteiger charge is 2.15. The van der Waals surface area contributed by atoms with E-state index in [0.717, 1.165) is 5.56 Å². The molecule has 1 aromatic carbocycles. The highest BCUT2D eigenvalue weighted by Crippen LogP contribution is 2.37. The van der Waals surface area contributed by atoms with Gasteiger partial charge in [-0.1, -0.05) is 41.7 Å². The molecule has 0 bridgehead atoms. The van der Waals surface area contributed by atoms with Gasteiger partial charge in [-0.3, -0.25) is 0 Å². The fourth-order valence-corrected chi connectivity index (χ4v) is 2.18. The first-order valence-corrected chi connectivity index (χ1v) is 5.28. The van der Waals surface area contributed by atoms with E-state index in [1.807, 2.05) is 6.92 Å². The van der Waals surface area contributed by atoms with Gasteiger partial charge in [0, 0.05) is 11.4 Å². The first-order chi connectivity index (χ1) is 6.57. The Morgan fingerprint density at radius 2 is 1.86 bits per heavy atom. The molecule has 0 nitrogen and oxygen atoms in total. The van der Waals surface area contributed by atoms with E-state index in [9.17, 15) is 0 Å². The lowest BCUT2D eigenvalue weighted by atomic mass is 9.98. The van der Waals surface area contributed by atoms with E-state index in [-0.39, 0.29) is 5.92 Å². The first kappa shape index (κ1) is 11.7. The third kappa shape index (κ3) is 2.36. The van der Waals surface area contributed by atoms with Crippen LogP contribution in [0.4, 0.5) is 0 Å². The van der Waals surface area contributed by atoms with Crippen molar-refractivity contribution >= 4 is 34.8 Å². The number of hydrogen-bond acceptors (Lipinski definition) is 0. The van der Waals surface area contributed by atoms with Crippen molar-refractivity contribution in [3.8, 4) is 12.3 Å². The Balaban J connectivity index is 3.19. The molecule has 0 aliphatic rings. The molecule has 0 radical (unpaired) electrons. The van der Waals surface area contributed by atoms with Crippen LogP contribution in [-0.4, -0.2) is 0 Å². The van der Waals surface area contributed by atoms with Crippen molar-refractivity contribution in [2.45, 2.75) is 19.3 Å². The van der Waals surface area contributed by atoms with Gasteiger partial charge in [0.15, 0.2) is 0 Å². The van der Waals surface area contributed by atoms with Gasteiger partial charge in [0.05, 0.1) is 10.0 Å². The molecular weight excluding hydrogens is 238 g/mol. The zero-order chi connectivity index (χ0) is 10.7.